The van der Waals surface area contributed by atoms with Crippen LogP contribution in [0.3, 0.4) is 0 Å². The van der Waals surface area contributed by atoms with Gasteiger partial charge in [0.05, 0.1) is 10.5 Å². The second kappa shape index (κ2) is 5.48. The molecule has 1 amide bonds. The molecule has 3 N–H and O–H groups in total. The highest BCUT2D eigenvalue weighted by Gasteiger charge is 2.32. The van der Waals surface area contributed by atoms with Gasteiger partial charge in [0, 0.05) is 16.5 Å². The second-order valence-corrected chi connectivity index (χ2v) is 7.08. The molecule has 0 spiro atoms. The molecule has 2 heterocycles. The van der Waals surface area contributed by atoms with Gasteiger partial charge in [0.15, 0.2) is 5.75 Å². The first kappa shape index (κ1) is 14.9. The van der Waals surface area contributed by atoms with E-state index in [0.29, 0.717) is 5.56 Å². The molecule has 0 saturated heterocycles. The first-order valence-corrected chi connectivity index (χ1v) is 8.55. The Morgan fingerprint density at radius 1 is 1.25 bits per heavy atom. The number of carbonyl (C=O) groups is 1. The van der Waals surface area contributed by atoms with E-state index in [-0.39, 0.29) is 11.6 Å². The number of aryl methyl sites for hydroxylation is 1. The lowest BCUT2D eigenvalue weighted by molar-refractivity contribution is -0.385. The Balaban J connectivity index is 1.71. The molecular weight excluding hydrogens is 330 g/mol. The van der Waals surface area contributed by atoms with E-state index in [1.54, 1.807) is 17.4 Å². The van der Waals surface area contributed by atoms with E-state index in [4.69, 9.17) is 0 Å². The van der Waals surface area contributed by atoms with E-state index in [1.807, 2.05) is 0 Å². The molecule has 1 atom stereocenters. The van der Waals surface area contributed by atoms with Crippen LogP contribution in [-0.4, -0.2) is 15.9 Å². The molecule has 1 aliphatic heterocycles. The fourth-order valence-corrected chi connectivity index (χ4v) is 4.63. The number of benzene rings is 1. The first-order chi connectivity index (χ1) is 11.5. The minimum Gasteiger partial charge on any atom is -0.502 e. The largest absolute Gasteiger partial charge is 0.502 e. The number of aromatic hydroxyl groups is 1. The summed E-state index contributed by atoms with van der Waals surface area (Å²) in [5, 5.41) is 27.5. The van der Waals surface area contributed by atoms with Gasteiger partial charge < -0.3 is 15.7 Å². The normalized spacial score (nSPS) is 19.0. The molecule has 0 unspecified atom stereocenters. The highest BCUT2D eigenvalue weighted by molar-refractivity contribution is 7.16. The van der Waals surface area contributed by atoms with Crippen molar-refractivity contribution in [1.82, 2.24) is 5.32 Å². The summed E-state index contributed by atoms with van der Waals surface area (Å²) in [6, 6.07) is 4.13. The van der Waals surface area contributed by atoms with Gasteiger partial charge in [0.1, 0.15) is 11.2 Å². The van der Waals surface area contributed by atoms with Crippen molar-refractivity contribution >= 4 is 27.9 Å². The zero-order valence-electron chi connectivity index (χ0n) is 12.7. The maximum Gasteiger partial charge on any atom is 0.311 e. The average molecular weight is 345 g/mol. The Kier molecular flexibility index (Phi) is 3.42. The topological polar surface area (TPSA) is 104 Å². The highest BCUT2D eigenvalue weighted by atomic mass is 32.1. The summed E-state index contributed by atoms with van der Waals surface area (Å²) in [5.41, 5.74) is 2.02. The van der Waals surface area contributed by atoms with Crippen LogP contribution in [0.5, 0.6) is 5.75 Å². The van der Waals surface area contributed by atoms with Gasteiger partial charge in [-0.1, -0.05) is 6.07 Å². The monoisotopic (exact) mass is 345 g/mol. The molecule has 1 aromatic carbocycles. The van der Waals surface area contributed by atoms with Gasteiger partial charge >= 0.3 is 5.69 Å². The number of rotatable bonds is 2. The number of carbonyl (C=O) groups excluding carboxylic acids is 1. The van der Waals surface area contributed by atoms with Crippen molar-refractivity contribution in [3.8, 4) is 5.75 Å². The molecule has 1 aromatic heterocycles. The van der Waals surface area contributed by atoms with Crippen LogP contribution in [0.1, 0.15) is 45.4 Å². The van der Waals surface area contributed by atoms with Crippen molar-refractivity contribution < 1.29 is 14.8 Å². The van der Waals surface area contributed by atoms with Crippen LogP contribution < -0.4 is 10.6 Å². The highest BCUT2D eigenvalue weighted by Crippen LogP contribution is 2.42. The number of hydrogen-bond acceptors (Lipinski definition) is 6. The van der Waals surface area contributed by atoms with Crippen LogP contribution in [0, 0.1) is 10.1 Å². The maximum atomic E-state index is 12.6. The number of anilines is 1. The minimum absolute atomic E-state index is 0.149. The number of nitro groups is 1. The standard InChI is InChI=1S/C16H15N3O4S/c20-11-6-5-8(7-10(11)19(22)23)14-17-15(21)13-9-3-1-2-4-12(9)24-16(13)18-14/h5-7,14,18,20H,1-4H2,(H,17,21)/t14-/m1/s1. The van der Waals surface area contributed by atoms with Crippen LogP contribution >= 0.6 is 11.3 Å². The van der Waals surface area contributed by atoms with Crippen molar-refractivity contribution in [2.45, 2.75) is 31.8 Å². The van der Waals surface area contributed by atoms with Gasteiger partial charge in [-0.15, -0.1) is 11.3 Å². The molecule has 8 heteroatoms. The van der Waals surface area contributed by atoms with E-state index in [9.17, 15) is 20.0 Å². The van der Waals surface area contributed by atoms with E-state index in [2.05, 4.69) is 10.6 Å². The Labute approximate surface area is 141 Å². The lowest BCUT2D eigenvalue weighted by atomic mass is 9.94. The number of hydrogen-bond donors (Lipinski definition) is 3. The fraction of sp³-hybridized carbons (Fsp3) is 0.312. The third kappa shape index (κ3) is 2.30. The Morgan fingerprint density at radius 2 is 2.04 bits per heavy atom. The number of nitrogens with zero attached hydrogens (tertiary/aromatic N) is 1. The predicted octanol–water partition coefficient (Wildman–Crippen LogP) is 3.09. The first-order valence-electron chi connectivity index (χ1n) is 7.74. The van der Waals surface area contributed by atoms with E-state index >= 15 is 0 Å². The smallest absolute Gasteiger partial charge is 0.311 e. The van der Waals surface area contributed by atoms with Gasteiger partial charge in [0.25, 0.3) is 5.91 Å². The maximum absolute atomic E-state index is 12.6. The summed E-state index contributed by atoms with van der Waals surface area (Å²) < 4.78 is 0. The van der Waals surface area contributed by atoms with Crippen LogP contribution in [0.2, 0.25) is 0 Å². The van der Waals surface area contributed by atoms with Gasteiger partial charge in [-0.05, 0) is 37.3 Å². The molecule has 0 fully saturated rings. The molecule has 2 aliphatic rings. The third-order valence-electron chi connectivity index (χ3n) is 4.48. The third-order valence-corrected chi connectivity index (χ3v) is 5.70. The van der Waals surface area contributed by atoms with Crippen molar-refractivity contribution in [3.05, 3.63) is 49.9 Å². The molecular formula is C16H15N3O4S. The molecule has 7 nitrogen and oxygen atoms in total. The van der Waals surface area contributed by atoms with Crippen molar-refractivity contribution in [1.29, 1.82) is 0 Å². The van der Waals surface area contributed by atoms with Crippen molar-refractivity contribution in [2.24, 2.45) is 0 Å². The number of nitrogens with one attached hydrogen (secondary N) is 2. The lowest BCUT2D eigenvalue weighted by Gasteiger charge is -2.26. The number of phenolic OH excluding ortho intramolecular Hbond substituents is 1. The van der Waals surface area contributed by atoms with E-state index < -0.39 is 16.8 Å². The van der Waals surface area contributed by atoms with E-state index in [0.717, 1.165) is 41.8 Å². The van der Waals surface area contributed by atoms with Crippen LogP contribution in [0.15, 0.2) is 18.2 Å². The number of amides is 1. The van der Waals surface area contributed by atoms with Gasteiger partial charge in [-0.25, -0.2) is 0 Å². The number of thiophene rings is 1. The Hall–Kier alpha value is -2.61. The Bertz CT molecular complexity index is 861. The molecule has 4 rings (SSSR count). The summed E-state index contributed by atoms with van der Waals surface area (Å²) in [6.07, 6.45) is 3.60. The SMILES string of the molecule is O=C1N[C@@H](c2ccc(O)c([N+](=O)[O-])c2)Nc2sc3c(c21)CCCC3. The average Bonchev–Trinajstić information content (AvgIpc) is 2.93. The molecule has 2 aromatic rings. The summed E-state index contributed by atoms with van der Waals surface area (Å²) in [5.74, 6) is -0.540. The van der Waals surface area contributed by atoms with Crippen LogP contribution in [-0.2, 0) is 12.8 Å². The number of nitro benzene ring substituents is 1. The molecule has 0 bridgehead atoms. The zero-order chi connectivity index (χ0) is 16.8. The van der Waals surface area contributed by atoms with Crippen LogP contribution in [0.25, 0.3) is 0 Å². The van der Waals surface area contributed by atoms with Gasteiger partial charge in [0.2, 0.25) is 0 Å². The van der Waals surface area contributed by atoms with Crippen molar-refractivity contribution in [3.63, 3.8) is 0 Å². The Morgan fingerprint density at radius 3 is 2.83 bits per heavy atom. The number of fused-ring (bicyclic) bond motifs is 3. The molecule has 124 valence electrons. The summed E-state index contributed by atoms with van der Waals surface area (Å²) in [6.45, 7) is 0. The zero-order valence-corrected chi connectivity index (χ0v) is 13.5. The molecule has 1 aliphatic carbocycles. The fourth-order valence-electron chi connectivity index (χ4n) is 3.31. The second-order valence-electron chi connectivity index (χ2n) is 5.97. The van der Waals surface area contributed by atoms with Gasteiger partial charge in [-0.2, -0.15) is 0 Å². The quantitative estimate of drug-likeness (QED) is 0.573. The molecule has 0 radical (unpaired) electrons. The van der Waals surface area contributed by atoms with E-state index in [1.165, 1.54) is 17.0 Å². The molecule has 0 saturated carbocycles. The van der Waals surface area contributed by atoms with Crippen molar-refractivity contribution in [2.75, 3.05) is 5.32 Å². The summed E-state index contributed by atoms with van der Waals surface area (Å²) >= 11 is 1.60. The summed E-state index contributed by atoms with van der Waals surface area (Å²) in [7, 11) is 0. The predicted molar refractivity (Wildman–Crippen MR) is 89.6 cm³/mol. The minimum atomic E-state index is -0.640. The number of phenols is 1. The molecule has 24 heavy (non-hydrogen) atoms. The van der Waals surface area contributed by atoms with Gasteiger partial charge in [-0.3, -0.25) is 14.9 Å². The lowest BCUT2D eigenvalue weighted by Crippen LogP contribution is -2.38. The summed E-state index contributed by atoms with van der Waals surface area (Å²) in [4.78, 5) is 24.2. The van der Waals surface area contributed by atoms with Crippen LogP contribution in [0.4, 0.5) is 10.7 Å².